The summed E-state index contributed by atoms with van der Waals surface area (Å²) < 4.78 is 32.6. The average molecular weight is 286 g/mol. The zero-order chi connectivity index (χ0) is 14.3. The maximum atomic E-state index is 12.7. The molecule has 1 N–H and O–H groups in total. The molecule has 1 aliphatic heterocycles. The Bertz CT molecular complexity index is 560. The molecule has 19 heavy (non-hydrogen) atoms. The minimum atomic E-state index is -3.46. The van der Waals surface area contributed by atoms with Crippen LogP contribution in [0.3, 0.4) is 0 Å². The summed E-state index contributed by atoms with van der Waals surface area (Å²) in [6.07, 6.45) is 1.80. The van der Waals surface area contributed by atoms with Crippen LogP contribution in [0.25, 0.3) is 0 Å². The first-order chi connectivity index (χ1) is 8.79. The first-order valence-electron chi connectivity index (χ1n) is 6.56. The van der Waals surface area contributed by atoms with Crippen molar-refractivity contribution in [3.8, 4) is 0 Å². The third kappa shape index (κ3) is 2.57. The van der Waals surface area contributed by atoms with Gasteiger partial charge in [-0.2, -0.15) is 4.31 Å². The second-order valence-electron chi connectivity index (χ2n) is 5.66. The molecule has 0 unspecified atom stereocenters. The van der Waals surface area contributed by atoms with E-state index in [1.807, 2.05) is 13.8 Å². The Morgan fingerprint density at radius 2 is 2.16 bits per heavy atom. The van der Waals surface area contributed by atoms with E-state index in [2.05, 4.69) is 5.32 Å². The van der Waals surface area contributed by atoms with E-state index in [0.717, 1.165) is 12.8 Å². The summed E-state index contributed by atoms with van der Waals surface area (Å²) in [5.74, 6) is 1.11. The Morgan fingerprint density at radius 3 is 2.68 bits per heavy atom. The van der Waals surface area contributed by atoms with Gasteiger partial charge in [0.25, 0.3) is 0 Å². The van der Waals surface area contributed by atoms with Crippen molar-refractivity contribution >= 4 is 10.0 Å². The minimum absolute atomic E-state index is 0.299. The molecule has 0 radical (unpaired) electrons. The summed E-state index contributed by atoms with van der Waals surface area (Å²) in [5, 5.41) is 2.96. The second kappa shape index (κ2) is 4.92. The second-order valence-corrected chi connectivity index (χ2v) is 7.49. The van der Waals surface area contributed by atoms with E-state index in [-0.39, 0.29) is 5.54 Å². The van der Waals surface area contributed by atoms with E-state index in [1.54, 1.807) is 24.3 Å². The first kappa shape index (κ1) is 14.6. The Labute approximate surface area is 115 Å². The molecule has 0 saturated carbocycles. The number of hydrogen-bond donors (Lipinski definition) is 1. The molecule has 5 nitrogen and oxygen atoms in total. The highest BCUT2D eigenvalue weighted by Crippen LogP contribution is 2.35. The van der Waals surface area contributed by atoms with E-state index in [0.29, 0.717) is 29.5 Å². The summed E-state index contributed by atoms with van der Waals surface area (Å²) in [7, 11) is -1.66. The van der Waals surface area contributed by atoms with E-state index in [1.165, 1.54) is 0 Å². The fourth-order valence-corrected chi connectivity index (χ4v) is 4.72. The fourth-order valence-electron chi connectivity index (χ4n) is 2.69. The van der Waals surface area contributed by atoms with Gasteiger partial charge in [-0.3, -0.25) is 0 Å². The van der Waals surface area contributed by atoms with Gasteiger partial charge in [0.05, 0.1) is 6.54 Å². The first-order valence-corrected chi connectivity index (χ1v) is 8.00. The van der Waals surface area contributed by atoms with Gasteiger partial charge in [-0.1, -0.05) is 0 Å². The number of hydrogen-bond acceptors (Lipinski definition) is 4. The lowest BCUT2D eigenvalue weighted by Crippen LogP contribution is -2.42. The Hall–Kier alpha value is -0.850. The largest absolute Gasteiger partial charge is 0.464 e. The molecule has 0 aliphatic carbocycles. The highest BCUT2D eigenvalue weighted by molar-refractivity contribution is 7.89. The highest BCUT2D eigenvalue weighted by atomic mass is 32.2. The predicted molar refractivity (Wildman–Crippen MR) is 73.4 cm³/mol. The normalized spacial score (nSPS) is 20.0. The molecule has 1 saturated heterocycles. The summed E-state index contributed by atoms with van der Waals surface area (Å²) in [5.41, 5.74) is -0.314. The zero-order valence-electron chi connectivity index (χ0n) is 12.0. The molecule has 6 heteroatoms. The summed E-state index contributed by atoms with van der Waals surface area (Å²) in [4.78, 5) is 0.299. The number of furan rings is 1. The molecule has 1 aromatic rings. The Kier molecular flexibility index (Phi) is 3.77. The van der Waals surface area contributed by atoms with Crippen molar-refractivity contribution in [3.05, 3.63) is 17.6 Å². The van der Waals surface area contributed by atoms with E-state index in [9.17, 15) is 8.42 Å². The molecular weight excluding hydrogens is 264 g/mol. The number of rotatable bonds is 4. The van der Waals surface area contributed by atoms with Gasteiger partial charge in [0, 0.05) is 18.2 Å². The standard InChI is InChI=1S/C13H22N2O3S/c1-10-12(8-11(18-10)9-14-4)19(16,17)15-7-5-6-13(15,2)3/h8,14H,5-7,9H2,1-4H3. The molecule has 0 spiro atoms. The van der Waals surface area contributed by atoms with Crippen LogP contribution in [0.5, 0.6) is 0 Å². The van der Waals surface area contributed by atoms with Gasteiger partial charge in [-0.05, 0) is 40.7 Å². The predicted octanol–water partition coefficient (Wildman–Crippen LogP) is 1.87. The molecule has 0 atom stereocenters. The monoisotopic (exact) mass is 286 g/mol. The lowest BCUT2D eigenvalue weighted by atomic mass is 10.0. The van der Waals surface area contributed by atoms with Crippen LogP contribution in [-0.4, -0.2) is 31.9 Å². The summed E-state index contributed by atoms with van der Waals surface area (Å²) in [6, 6.07) is 1.63. The summed E-state index contributed by atoms with van der Waals surface area (Å²) >= 11 is 0. The molecule has 0 bridgehead atoms. The van der Waals surface area contributed by atoms with Gasteiger partial charge < -0.3 is 9.73 Å². The fraction of sp³-hybridized carbons (Fsp3) is 0.692. The van der Waals surface area contributed by atoms with Crippen molar-refractivity contribution in [1.82, 2.24) is 9.62 Å². The zero-order valence-corrected chi connectivity index (χ0v) is 12.8. The maximum absolute atomic E-state index is 12.7. The molecule has 1 fully saturated rings. The number of nitrogens with zero attached hydrogens (tertiary/aromatic N) is 1. The molecule has 2 heterocycles. The molecule has 0 amide bonds. The van der Waals surface area contributed by atoms with Gasteiger partial charge in [-0.15, -0.1) is 0 Å². The van der Waals surface area contributed by atoms with E-state index < -0.39 is 10.0 Å². The molecule has 1 aliphatic rings. The van der Waals surface area contributed by atoms with Crippen LogP contribution >= 0.6 is 0 Å². The van der Waals surface area contributed by atoms with Crippen LogP contribution in [0, 0.1) is 6.92 Å². The maximum Gasteiger partial charge on any atom is 0.247 e. The molecule has 2 rings (SSSR count). The van der Waals surface area contributed by atoms with Crippen LogP contribution in [0.4, 0.5) is 0 Å². The van der Waals surface area contributed by atoms with E-state index >= 15 is 0 Å². The third-order valence-electron chi connectivity index (χ3n) is 3.67. The summed E-state index contributed by atoms with van der Waals surface area (Å²) in [6.45, 7) is 6.76. The van der Waals surface area contributed by atoms with Crippen LogP contribution in [0.2, 0.25) is 0 Å². The molecule has 0 aromatic carbocycles. The molecular formula is C13H22N2O3S. The van der Waals surface area contributed by atoms with Gasteiger partial charge in [0.1, 0.15) is 16.4 Å². The van der Waals surface area contributed by atoms with Crippen molar-refractivity contribution in [3.63, 3.8) is 0 Å². The van der Waals surface area contributed by atoms with Crippen LogP contribution in [0.1, 0.15) is 38.2 Å². The van der Waals surface area contributed by atoms with Crippen molar-refractivity contribution in [2.24, 2.45) is 0 Å². The van der Waals surface area contributed by atoms with Crippen molar-refractivity contribution in [2.75, 3.05) is 13.6 Å². The minimum Gasteiger partial charge on any atom is -0.464 e. The average Bonchev–Trinajstić information content (AvgIpc) is 2.82. The lowest BCUT2D eigenvalue weighted by molar-refractivity contribution is 0.291. The van der Waals surface area contributed by atoms with E-state index in [4.69, 9.17) is 4.42 Å². The van der Waals surface area contributed by atoms with Crippen molar-refractivity contribution < 1.29 is 12.8 Å². The van der Waals surface area contributed by atoms with Crippen LogP contribution < -0.4 is 5.32 Å². The highest BCUT2D eigenvalue weighted by Gasteiger charge is 2.42. The quantitative estimate of drug-likeness (QED) is 0.918. The van der Waals surface area contributed by atoms with Crippen molar-refractivity contribution in [1.29, 1.82) is 0 Å². The smallest absolute Gasteiger partial charge is 0.247 e. The van der Waals surface area contributed by atoms with Gasteiger partial charge >= 0.3 is 0 Å². The van der Waals surface area contributed by atoms with Crippen LogP contribution in [-0.2, 0) is 16.6 Å². The molecule has 1 aromatic heterocycles. The van der Waals surface area contributed by atoms with Gasteiger partial charge in [-0.25, -0.2) is 8.42 Å². The Morgan fingerprint density at radius 1 is 1.47 bits per heavy atom. The third-order valence-corrected chi connectivity index (χ3v) is 5.89. The van der Waals surface area contributed by atoms with Gasteiger partial charge in [0.15, 0.2) is 0 Å². The van der Waals surface area contributed by atoms with Gasteiger partial charge in [0.2, 0.25) is 10.0 Å². The Balaban J connectivity index is 2.39. The van der Waals surface area contributed by atoms with Crippen molar-refractivity contribution in [2.45, 2.75) is 50.6 Å². The number of nitrogens with one attached hydrogen (secondary N) is 1. The van der Waals surface area contributed by atoms with Crippen LogP contribution in [0.15, 0.2) is 15.4 Å². The molecule has 108 valence electrons. The topological polar surface area (TPSA) is 62.6 Å². The number of aryl methyl sites for hydroxylation is 1. The SMILES string of the molecule is CNCc1cc(S(=O)(=O)N2CCCC2(C)C)c(C)o1. The lowest BCUT2D eigenvalue weighted by Gasteiger charge is -2.30. The number of sulfonamides is 1.